The first-order chi connectivity index (χ1) is 13.8. The van der Waals surface area contributed by atoms with E-state index >= 15 is 0 Å². The number of hydrogen-bond acceptors (Lipinski definition) is 7. The summed E-state index contributed by atoms with van der Waals surface area (Å²) in [5.74, 6) is -1.03. The summed E-state index contributed by atoms with van der Waals surface area (Å²) in [5.41, 5.74) is 2.12. The monoisotopic (exact) mass is 400 g/mol. The van der Waals surface area contributed by atoms with Gasteiger partial charge in [-0.15, -0.1) is 0 Å². The summed E-state index contributed by atoms with van der Waals surface area (Å²) in [6.45, 7) is 1.70. The van der Waals surface area contributed by atoms with Gasteiger partial charge in [-0.2, -0.15) is 0 Å². The third-order valence-corrected chi connectivity index (χ3v) is 4.84. The van der Waals surface area contributed by atoms with E-state index < -0.39 is 17.0 Å². The number of carbonyl (C=O) groups is 2. The lowest BCUT2D eigenvalue weighted by atomic mass is 9.97. The maximum absolute atomic E-state index is 12.0. The lowest BCUT2D eigenvalue weighted by Crippen LogP contribution is -2.18. The number of benzene rings is 1. The van der Waals surface area contributed by atoms with Crippen LogP contribution in [0.25, 0.3) is 0 Å². The maximum Gasteiger partial charge on any atom is 0.513 e. The Hall–Kier alpha value is -3.49. The second-order valence-electron chi connectivity index (χ2n) is 6.83. The highest BCUT2D eigenvalue weighted by Crippen LogP contribution is 2.31. The zero-order chi connectivity index (χ0) is 21.0. The number of pyridine rings is 1. The number of rotatable bonds is 5. The van der Waals surface area contributed by atoms with E-state index in [1.807, 2.05) is 0 Å². The number of aromatic nitrogens is 1. The van der Waals surface area contributed by atoms with Crippen molar-refractivity contribution in [2.24, 2.45) is 0 Å². The number of nitrogens with zero attached hydrogens (tertiary/aromatic N) is 2. The minimum Gasteiger partial charge on any atom is -0.478 e. The number of fused-ring (bicyclic) bond motifs is 1. The number of non-ortho nitro benzene ring substituents is 1. The number of carbonyl (C=O) groups excluding carboxylic acids is 1. The molecule has 1 aliphatic carbocycles. The van der Waals surface area contributed by atoms with Gasteiger partial charge >= 0.3 is 12.1 Å². The van der Waals surface area contributed by atoms with Gasteiger partial charge in [0.05, 0.1) is 21.9 Å². The van der Waals surface area contributed by atoms with E-state index in [0.29, 0.717) is 5.69 Å². The predicted molar refractivity (Wildman–Crippen MR) is 101 cm³/mol. The molecule has 9 nitrogen and oxygen atoms in total. The van der Waals surface area contributed by atoms with Gasteiger partial charge < -0.3 is 14.6 Å². The topological polar surface area (TPSA) is 129 Å². The van der Waals surface area contributed by atoms with Crippen LogP contribution in [0.3, 0.4) is 0 Å². The Kier molecular flexibility index (Phi) is 6.06. The van der Waals surface area contributed by atoms with Crippen molar-refractivity contribution in [3.8, 4) is 5.75 Å². The lowest BCUT2D eigenvalue weighted by molar-refractivity contribution is -0.384. The number of carboxylic acid groups (broad SMARTS) is 1. The molecule has 0 amide bonds. The molecule has 0 saturated heterocycles. The zero-order valence-electron chi connectivity index (χ0n) is 15.8. The fourth-order valence-corrected chi connectivity index (χ4v) is 3.37. The number of aryl methyl sites for hydroxylation is 2. The highest BCUT2D eigenvalue weighted by atomic mass is 16.7. The summed E-state index contributed by atoms with van der Waals surface area (Å²) in [7, 11) is 0. The number of nitro groups is 1. The first-order valence-corrected chi connectivity index (χ1v) is 9.18. The zero-order valence-corrected chi connectivity index (χ0v) is 15.8. The van der Waals surface area contributed by atoms with Crippen molar-refractivity contribution >= 4 is 17.8 Å². The average Bonchev–Trinajstić information content (AvgIpc) is 2.87. The van der Waals surface area contributed by atoms with E-state index in [4.69, 9.17) is 9.47 Å². The number of aromatic carboxylic acids is 1. The summed E-state index contributed by atoms with van der Waals surface area (Å²) in [6, 6.07) is 6.76. The molecule has 1 aromatic carbocycles. The number of ether oxygens (including phenoxy) is 2. The Morgan fingerprint density at radius 2 is 2.00 bits per heavy atom. The summed E-state index contributed by atoms with van der Waals surface area (Å²) >= 11 is 0. The molecule has 0 saturated carbocycles. The van der Waals surface area contributed by atoms with E-state index in [1.165, 1.54) is 24.3 Å². The van der Waals surface area contributed by atoms with Crippen molar-refractivity contribution in [3.63, 3.8) is 0 Å². The molecule has 9 heteroatoms. The van der Waals surface area contributed by atoms with E-state index in [0.717, 1.165) is 36.9 Å². The Balaban J connectivity index is 1.67. The molecule has 29 heavy (non-hydrogen) atoms. The molecule has 0 radical (unpaired) electrons. The van der Waals surface area contributed by atoms with E-state index in [1.54, 1.807) is 13.0 Å². The molecule has 1 heterocycles. The molecule has 0 spiro atoms. The minimum atomic E-state index is -1.01. The summed E-state index contributed by atoms with van der Waals surface area (Å²) in [6.07, 6.45) is 2.39. The Bertz CT molecular complexity index is 941. The van der Waals surface area contributed by atoms with Crippen LogP contribution in [0.2, 0.25) is 0 Å². The second kappa shape index (κ2) is 8.68. The molecule has 1 atom stereocenters. The van der Waals surface area contributed by atoms with Gasteiger partial charge in [0.1, 0.15) is 12.4 Å². The van der Waals surface area contributed by atoms with Gasteiger partial charge in [-0.05, 0) is 49.9 Å². The molecule has 1 aliphatic rings. The Morgan fingerprint density at radius 1 is 1.28 bits per heavy atom. The van der Waals surface area contributed by atoms with Crippen molar-refractivity contribution in [2.75, 3.05) is 6.61 Å². The predicted octanol–water partition coefficient (Wildman–Crippen LogP) is 4.02. The molecule has 2 aromatic rings. The molecule has 1 N–H and O–H groups in total. The first-order valence-electron chi connectivity index (χ1n) is 9.18. The van der Waals surface area contributed by atoms with Gasteiger partial charge in [0.2, 0.25) is 0 Å². The molecule has 0 bridgehead atoms. The highest BCUT2D eigenvalue weighted by molar-refractivity contribution is 5.89. The fourth-order valence-electron chi connectivity index (χ4n) is 3.37. The quantitative estimate of drug-likeness (QED) is 0.262. The lowest BCUT2D eigenvalue weighted by Gasteiger charge is -2.18. The summed E-state index contributed by atoms with van der Waals surface area (Å²) in [5, 5.41) is 20.0. The van der Waals surface area contributed by atoms with Crippen molar-refractivity contribution < 1.29 is 29.1 Å². The van der Waals surface area contributed by atoms with Gasteiger partial charge in [-0.25, -0.2) is 9.59 Å². The van der Waals surface area contributed by atoms with Crippen LogP contribution in [0.5, 0.6) is 5.75 Å². The van der Waals surface area contributed by atoms with Crippen molar-refractivity contribution in [1.29, 1.82) is 0 Å². The molecule has 1 unspecified atom stereocenters. The van der Waals surface area contributed by atoms with Crippen LogP contribution in [0.15, 0.2) is 30.3 Å². The smallest absolute Gasteiger partial charge is 0.478 e. The van der Waals surface area contributed by atoms with Crippen LogP contribution >= 0.6 is 0 Å². The number of hydrogen-bond donors (Lipinski definition) is 1. The van der Waals surface area contributed by atoms with Gasteiger partial charge in [-0.3, -0.25) is 15.1 Å². The van der Waals surface area contributed by atoms with Gasteiger partial charge in [-0.1, -0.05) is 6.42 Å². The van der Waals surface area contributed by atoms with Crippen LogP contribution in [-0.2, 0) is 11.2 Å². The van der Waals surface area contributed by atoms with Crippen LogP contribution in [0, 0.1) is 17.0 Å². The number of carboxylic acids is 1. The third kappa shape index (κ3) is 4.87. The highest BCUT2D eigenvalue weighted by Gasteiger charge is 2.25. The Labute approximate surface area is 166 Å². The van der Waals surface area contributed by atoms with Crippen LogP contribution in [0.1, 0.15) is 52.5 Å². The SMILES string of the molecule is Cc1nc2c(cc1C(=O)O)CCCCC2COC(=O)Oc1ccc([N+](=O)[O-])cc1. The van der Waals surface area contributed by atoms with Crippen molar-refractivity contribution in [3.05, 3.63) is 63.0 Å². The summed E-state index contributed by atoms with van der Waals surface area (Å²) in [4.78, 5) is 38.0. The Morgan fingerprint density at radius 3 is 2.66 bits per heavy atom. The van der Waals surface area contributed by atoms with Crippen molar-refractivity contribution in [1.82, 2.24) is 4.98 Å². The molecule has 0 fully saturated rings. The third-order valence-electron chi connectivity index (χ3n) is 4.84. The van der Waals surface area contributed by atoms with Crippen LogP contribution in [-0.4, -0.2) is 33.7 Å². The normalized spacial score (nSPS) is 15.7. The average molecular weight is 400 g/mol. The summed E-state index contributed by atoms with van der Waals surface area (Å²) < 4.78 is 10.3. The van der Waals surface area contributed by atoms with Gasteiger partial charge in [0.25, 0.3) is 5.69 Å². The molecule has 0 aliphatic heterocycles. The molecular weight excluding hydrogens is 380 g/mol. The molecular formula is C20H20N2O7. The minimum absolute atomic E-state index is 0.0532. The molecule has 152 valence electrons. The van der Waals surface area contributed by atoms with Crippen LogP contribution in [0.4, 0.5) is 10.5 Å². The largest absolute Gasteiger partial charge is 0.513 e. The van der Waals surface area contributed by atoms with Crippen molar-refractivity contribution in [2.45, 2.75) is 38.5 Å². The van der Waals surface area contributed by atoms with Gasteiger partial charge in [0, 0.05) is 18.1 Å². The van der Waals surface area contributed by atoms with E-state index in [2.05, 4.69) is 4.98 Å². The van der Waals surface area contributed by atoms with Gasteiger partial charge in [0.15, 0.2) is 0 Å². The number of nitro benzene ring substituents is 1. The first kappa shape index (κ1) is 20.2. The van der Waals surface area contributed by atoms with E-state index in [9.17, 15) is 24.8 Å². The van der Waals surface area contributed by atoms with E-state index in [-0.39, 0.29) is 29.5 Å². The standard InChI is InChI=1S/C20H20N2O7/c1-12-17(19(23)24)10-13-4-2-3-5-14(18(13)21-12)11-28-20(25)29-16-8-6-15(7-9-16)22(26)27/h6-10,14H,2-5,11H2,1H3,(H,23,24). The van der Waals surface area contributed by atoms with Crippen LogP contribution < -0.4 is 4.74 Å². The second-order valence-corrected chi connectivity index (χ2v) is 6.83. The fraction of sp³-hybridized carbons (Fsp3) is 0.350. The maximum atomic E-state index is 12.0. The molecule has 1 aromatic heterocycles. The molecule has 3 rings (SSSR count).